The molecule has 0 fully saturated rings. The average molecular weight is 325 g/mol. The lowest BCUT2D eigenvalue weighted by Crippen LogP contribution is -2.22. The lowest BCUT2D eigenvalue weighted by Gasteiger charge is -2.12. The fraction of sp³-hybridized carbons (Fsp3) is 0.133. The van der Waals surface area contributed by atoms with E-state index >= 15 is 0 Å². The van der Waals surface area contributed by atoms with Gasteiger partial charge in [0.15, 0.2) is 0 Å². The minimum absolute atomic E-state index is 0.0714. The van der Waals surface area contributed by atoms with E-state index in [0.717, 1.165) is 0 Å². The number of benzene rings is 2. The first-order chi connectivity index (χ1) is 10.1. The van der Waals surface area contributed by atoms with Gasteiger partial charge < -0.3 is 15.4 Å². The number of ether oxygens (including phenoxy) is 1. The molecule has 0 unspecified atom stereocenters. The third-order valence-electron chi connectivity index (χ3n) is 2.75. The second kappa shape index (κ2) is 7.20. The normalized spacial score (nSPS) is 10.0. The summed E-state index contributed by atoms with van der Waals surface area (Å²) in [6.07, 6.45) is 0. The number of carbonyl (C=O) groups is 1. The summed E-state index contributed by atoms with van der Waals surface area (Å²) < 4.78 is 5.20. The molecule has 0 saturated heterocycles. The molecule has 2 aromatic rings. The fourth-order valence-electron chi connectivity index (χ4n) is 1.75. The van der Waals surface area contributed by atoms with Crippen molar-refractivity contribution >= 4 is 40.5 Å². The maximum absolute atomic E-state index is 11.9. The third-order valence-corrected chi connectivity index (χ3v) is 3.31. The van der Waals surface area contributed by atoms with Gasteiger partial charge in [-0.1, -0.05) is 35.3 Å². The van der Waals surface area contributed by atoms with Crippen LogP contribution in [0.2, 0.25) is 10.0 Å². The summed E-state index contributed by atoms with van der Waals surface area (Å²) >= 11 is 11.9. The number of carbonyl (C=O) groups excluding carboxylic acids is 1. The third kappa shape index (κ3) is 4.28. The Kier molecular flexibility index (Phi) is 5.31. The Bertz CT molecular complexity index is 647. The van der Waals surface area contributed by atoms with Crippen LogP contribution in [0, 0.1) is 0 Å². The van der Waals surface area contributed by atoms with Gasteiger partial charge in [-0.15, -0.1) is 0 Å². The summed E-state index contributed by atoms with van der Waals surface area (Å²) in [4.78, 5) is 11.9. The van der Waals surface area contributed by atoms with Gasteiger partial charge in [0.2, 0.25) is 5.91 Å². The van der Waals surface area contributed by atoms with Crippen LogP contribution < -0.4 is 15.4 Å². The van der Waals surface area contributed by atoms with Crippen LogP contribution in [0.25, 0.3) is 0 Å². The van der Waals surface area contributed by atoms with Crippen LogP contribution in [0.1, 0.15) is 0 Å². The Morgan fingerprint density at radius 1 is 1.14 bits per heavy atom. The van der Waals surface area contributed by atoms with Crippen molar-refractivity contribution in [1.82, 2.24) is 0 Å². The molecule has 0 heterocycles. The molecule has 0 radical (unpaired) electrons. The number of para-hydroxylation sites is 1. The van der Waals surface area contributed by atoms with Crippen LogP contribution in [0.4, 0.5) is 11.4 Å². The summed E-state index contributed by atoms with van der Waals surface area (Å²) in [6.45, 7) is 0.0714. The molecule has 0 aliphatic heterocycles. The molecular formula is C15H14Cl2N2O2. The molecule has 4 nitrogen and oxygen atoms in total. The van der Waals surface area contributed by atoms with Gasteiger partial charge in [-0.05, 0) is 30.3 Å². The van der Waals surface area contributed by atoms with E-state index in [1.165, 1.54) is 0 Å². The number of nitrogens with one attached hydrogen (secondary N) is 2. The number of hydrogen-bond donors (Lipinski definition) is 2. The largest absolute Gasteiger partial charge is 0.495 e. The molecule has 2 N–H and O–H groups in total. The standard InChI is InChI=1S/C15H14Cl2N2O2/c1-21-14-7-6-10(16)8-13(14)18-9-15(20)19-12-5-3-2-4-11(12)17/h2-8,18H,9H2,1H3,(H,19,20). The van der Waals surface area contributed by atoms with Gasteiger partial charge in [-0.25, -0.2) is 0 Å². The van der Waals surface area contributed by atoms with E-state index in [4.69, 9.17) is 27.9 Å². The number of hydrogen-bond acceptors (Lipinski definition) is 3. The first-order valence-corrected chi connectivity index (χ1v) is 6.97. The smallest absolute Gasteiger partial charge is 0.243 e. The molecule has 0 aliphatic carbocycles. The van der Waals surface area contributed by atoms with Crippen molar-refractivity contribution in [3.8, 4) is 5.75 Å². The Morgan fingerprint density at radius 3 is 2.62 bits per heavy atom. The molecule has 110 valence electrons. The Hall–Kier alpha value is -1.91. The Morgan fingerprint density at radius 2 is 1.90 bits per heavy atom. The zero-order chi connectivity index (χ0) is 15.2. The van der Waals surface area contributed by atoms with Crippen molar-refractivity contribution in [3.63, 3.8) is 0 Å². The highest BCUT2D eigenvalue weighted by atomic mass is 35.5. The molecule has 0 saturated carbocycles. The van der Waals surface area contributed by atoms with Crippen LogP contribution in [-0.4, -0.2) is 19.6 Å². The highest BCUT2D eigenvalue weighted by Crippen LogP contribution is 2.27. The van der Waals surface area contributed by atoms with E-state index in [0.29, 0.717) is 27.2 Å². The van der Waals surface area contributed by atoms with E-state index in [-0.39, 0.29) is 12.5 Å². The lowest BCUT2D eigenvalue weighted by molar-refractivity contribution is -0.114. The summed E-state index contributed by atoms with van der Waals surface area (Å²) in [5, 5.41) is 6.76. The Balaban J connectivity index is 1.98. The molecule has 1 amide bonds. The summed E-state index contributed by atoms with van der Waals surface area (Å²) in [6, 6.07) is 12.2. The molecule has 0 atom stereocenters. The quantitative estimate of drug-likeness (QED) is 0.872. The second-order valence-corrected chi connectivity index (χ2v) is 5.07. The number of anilines is 2. The van der Waals surface area contributed by atoms with Crippen LogP contribution >= 0.6 is 23.2 Å². The summed E-state index contributed by atoms with van der Waals surface area (Å²) in [5.74, 6) is 0.398. The topological polar surface area (TPSA) is 50.4 Å². The van der Waals surface area contributed by atoms with E-state index in [2.05, 4.69) is 10.6 Å². The molecular weight excluding hydrogens is 311 g/mol. The minimum Gasteiger partial charge on any atom is -0.495 e. The van der Waals surface area contributed by atoms with Gasteiger partial charge in [0.1, 0.15) is 5.75 Å². The maximum Gasteiger partial charge on any atom is 0.243 e. The highest BCUT2D eigenvalue weighted by Gasteiger charge is 2.08. The molecule has 2 aromatic carbocycles. The summed E-state index contributed by atoms with van der Waals surface area (Å²) in [5.41, 5.74) is 1.23. The van der Waals surface area contributed by atoms with E-state index in [9.17, 15) is 4.79 Å². The number of amides is 1. The van der Waals surface area contributed by atoms with Crippen LogP contribution in [0.15, 0.2) is 42.5 Å². The van der Waals surface area contributed by atoms with Crippen molar-refractivity contribution in [1.29, 1.82) is 0 Å². The van der Waals surface area contributed by atoms with Crippen molar-refractivity contribution in [2.45, 2.75) is 0 Å². The van der Waals surface area contributed by atoms with E-state index in [1.54, 1.807) is 49.6 Å². The van der Waals surface area contributed by atoms with Gasteiger partial charge in [-0.3, -0.25) is 4.79 Å². The maximum atomic E-state index is 11.9. The fourth-order valence-corrected chi connectivity index (χ4v) is 2.11. The molecule has 2 rings (SSSR count). The number of methoxy groups -OCH3 is 1. The predicted octanol–water partition coefficient (Wildman–Crippen LogP) is 4.05. The highest BCUT2D eigenvalue weighted by molar-refractivity contribution is 6.33. The van der Waals surface area contributed by atoms with E-state index in [1.807, 2.05) is 0 Å². The zero-order valence-electron chi connectivity index (χ0n) is 11.3. The van der Waals surface area contributed by atoms with E-state index < -0.39 is 0 Å². The second-order valence-electron chi connectivity index (χ2n) is 4.23. The van der Waals surface area contributed by atoms with Gasteiger partial charge in [-0.2, -0.15) is 0 Å². The van der Waals surface area contributed by atoms with Crippen molar-refractivity contribution < 1.29 is 9.53 Å². The van der Waals surface area contributed by atoms with Crippen LogP contribution in [0.5, 0.6) is 5.75 Å². The first kappa shape index (κ1) is 15.5. The molecule has 21 heavy (non-hydrogen) atoms. The molecule has 0 aliphatic rings. The monoisotopic (exact) mass is 324 g/mol. The van der Waals surface area contributed by atoms with Gasteiger partial charge in [0.05, 0.1) is 30.1 Å². The number of rotatable bonds is 5. The van der Waals surface area contributed by atoms with Crippen LogP contribution in [-0.2, 0) is 4.79 Å². The first-order valence-electron chi connectivity index (χ1n) is 6.22. The van der Waals surface area contributed by atoms with Gasteiger partial charge in [0, 0.05) is 5.02 Å². The minimum atomic E-state index is -0.217. The molecule has 0 bridgehead atoms. The van der Waals surface area contributed by atoms with Gasteiger partial charge >= 0.3 is 0 Å². The zero-order valence-corrected chi connectivity index (χ0v) is 12.8. The lowest BCUT2D eigenvalue weighted by atomic mass is 10.3. The number of halogens is 2. The average Bonchev–Trinajstić information content (AvgIpc) is 2.48. The van der Waals surface area contributed by atoms with Gasteiger partial charge in [0.25, 0.3) is 0 Å². The van der Waals surface area contributed by atoms with Crippen molar-refractivity contribution in [2.75, 3.05) is 24.3 Å². The molecule has 0 aromatic heterocycles. The molecule has 6 heteroatoms. The molecule has 0 spiro atoms. The summed E-state index contributed by atoms with van der Waals surface area (Å²) in [7, 11) is 1.55. The van der Waals surface area contributed by atoms with Crippen molar-refractivity contribution in [3.05, 3.63) is 52.5 Å². The SMILES string of the molecule is COc1ccc(Cl)cc1NCC(=O)Nc1ccccc1Cl. The Labute approximate surface area is 133 Å². The van der Waals surface area contributed by atoms with Crippen LogP contribution in [0.3, 0.4) is 0 Å². The predicted molar refractivity (Wildman–Crippen MR) is 86.6 cm³/mol. The van der Waals surface area contributed by atoms with Crippen molar-refractivity contribution in [2.24, 2.45) is 0 Å².